The van der Waals surface area contributed by atoms with Gasteiger partial charge in [-0.3, -0.25) is 4.79 Å². The van der Waals surface area contributed by atoms with Gasteiger partial charge >= 0.3 is 6.03 Å². The number of carbonyl (C=O) groups excluding carboxylic acids is 1. The minimum Gasteiger partial charge on any atom is -0.328 e. The van der Waals surface area contributed by atoms with Crippen LogP contribution >= 0.6 is 0 Å². The molecular weight excluding hydrogens is 260 g/mol. The van der Waals surface area contributed by atoms with Crippen molar-refractivity contribution in [3.8, 4) is 0 Å². The van der Waals surface area contributed by atoms with Crippen LogP contribution < -0.4 is 16.2 Å². The van der Waals surface area contributed by atoms with Crippen molar-refractivity contribution in [3.05, 3.63) is 40.8 Å². The van der Waals surface area contributed by atoms with Crippen LogP contribution in [0.15, 0.2) is 29.5 Å². The van der Waals surface area contributed by atoms with E-state index >= 15 is 0 Å². The van der Waals surface area contributed by atoms with E-state index in [1.54, 1.807) is 37.3 Å². The van der Waals surface area contributed by atoms with Gasteiger partial charge in [0.2, 0.25) is 5.56 Å². The van der Waals surface area contributed by atoms with Crippen LogP contribution in [0.4, 0.5) is 10.5 Å². The van der Waals surface area contributed by atoms with Crippen LogP contribution in [0.1, 0.15) is 18.8 Å². The van der Waals surface area contributed by atoms with Crippen LogP contribution in [0.3, 0.4) is 0 Å². The highest BCUT2D eigenvalue weighted by Crippen LogP contribution is 2.08. The third-order valence-corrected chi connectivity index (χ3v) is 2.83. The first-order valence-electron chi connectivity index (χ1n) is 6.05. The molecule has 2 aromatic heterocycles. The van der Waals surface area contributed by atoms with E-state index in [-0.39, 0.29) is 17.6 Å². The van der Waals surface area contributed by atoms with Crippen LogP contribution in [0.2, 0.25) is 0 Å². The number of rotatable bonds is 3. The van der Waals surface area contributed by atoms with Gasteiger partial charge in [-0.1, -0.05) is 0 Å². The van der Waals surface area contributed by atoms with E-state index in [0.717, 1.165) is 0 Å². The Morgan fingerprint density at radius 2 is 2.05 bits per heavy atom. The first-order valence-corrected chi connectivity index (χ1v) is 6.05. The van der Waals surface area contributed by atoms with Gasteiger partial charge in [0.15, 0.2) is 5.82 Å². The molecule has 8 heteroatoms. The Morgan fingerprint density at radius 1 is 1.30 bits per heavy atom. The van der Waals surface area contributed by atoms with Gasteiger partial charge < -0.3 is 19.8 Å². The molecule has 0 aliphatic carbocycles. The first kappa shape index (κ1) is 13.8. The zero-order valence-corrected chi connectivity index (χ0v) is 11.5. The summed E-state index contributed by atoms with van der Waals surface area (Å²) in [6, 6.07) is 2.28. The van der Waals surface area contributed by atoms with Crippen molar-refractivity contribution < 1.29 is 4.79 Å². The maximum atomic E-state index is 11.9. The lowest BCUT2D eigenvalue weighted by Gasteiger charge is -2.14. The molecule has 2 aromatic rings. The predicted octanol–water partition coefficient (Wildman–Crippen LogP) is 0.396. The number of nitrogens with zero attached hydrogens (tertiary/aromatic N) is 4. The maximum Gasteiger partial charge on any atom is 0.319 e. The van der Waals surface area contributed by atoms with Gasteiger partial charge in [-0.15, -0.1) is 10.2 Å². The standard InChI is InChI=1S/C12H16N6O2/c1-8(11-16-13-7-18(11)3)14-12(20)15-9-4-5-10(19)17(2)6-9/h4-8H,1-3H3,(H2,14,15,20)/t8-/m0/s1. The van der Waals surface area contributed by atoms with Gasteiger partial charge in [-0.2, -0.15) is 0 Å². The summed E-state index contributed by atoms with van der Waals surface area (Å²) in [6.07, 6.45) is 3.12. The number of urea groups is 1. The molecule has 0 aliphatic rings. The first-order chi connectivity index (χ1) is 9.47. The summed E-state index contributed by atoms with van der Waals surface area (Å²) in [5.74, 6) is 0.653. The number of pyridine rings is 1. The maximum absolute atomic E-state index is 11.9. The largest absolute Gasteiger partial charge is 0.328 e. The Kier molecular flexibility index (Phi) is 3.83. The quantitative estimate of drug-likeness (QED) is 0.848. The van der Waals surface area contributed by atoms with Gasteiger partial charge in [0.05, 0.1) is 11.7 Å². The van der Waals surface area contributed by atoms with Gasteiger partial charge in [0, 0.05) is 26.4 Å². The van der Waals surface area contributed by atoms with Crippen LogP contribution in [-0.2, 0) is 14.1 Å². The fourth-order valence-electron chi connectivity index (χ4n) is 1.78. The summed E-state index contributed by atoms with van der Waals surface area (Å²) in [5, 5.41) is 13.1. The zero-order chi connectivity index (χ0) is 14.7. The normalized spacial score (nSPS) is 11.9. The van der Waals surface area contributed by atoms with Crippen molar-refractivity contribution in [2.75, 3.05) is 5.32 Å². The van der Waals surface area contributed by atoms with E-state index in [9.17, 15) is 9.59 Å². The van der Waals surface area contributed by atoms with Crippen LogP contribution in [0.25, 0.3) is 0 Å². The lowest BCUT2D eigenvalue weighted by molar-refractivity contribution is 0.248. The molecule has 0 aromatic carbocycles. The Hall–Kier alpha value is -2.64. The number of aromatic nitrogens is 4. The average Bonchev–Trinajstić information content (AvgIpc) is 2.80. The smallest absolute Gasteiger partial charge is 0.319 e. The molecular formula is C12H16N6O2. The van der Waals surface area contributed by atoms with E-state index in [1.807, 2.05) is 6.92 Å². The molecule has 0 spiro atoms. The molecule has 2 N–H and O–H groups in total. The van der Waals surface area contributed by atoms with Crippen molar-refractivity contribution in [2.45, 2.75) is 13.0 Å². The van der Waals surface area contributed by atoms with E-state index in [4.69, 9.17) is 0 Å². The van der Waals surface area contributed by atoms with E-state index in [0.29, 0.717) is 11.5 Å². The average molecular weight is 276 g/mol. The number of hydrogen-bond donors (Lipinski definition) is 2. The Labute approximate surface area is 115 Å². The summed E-state index contributed by atoms with van der Waals surface area (Å²) in [5.41, 5.74) is 0.401. The van der Waals surface area contributed by atoms with Crippen molar-refractivity contribution in [3.63, 3.8) is 0 Å². The minimum atomic E-state index is -0.376. The summed E-state index contributed by atoms with van der Waals surface area (Å²) >= 11 is 0. The highest BCUT2D eigenvalue weighted by atomic mass is 16.2. The molecule has 0 fully saturated rings. The zero-order valence-electron chi connectivity index (χ0n) is 11.5. The fourth-order valence-corrected chi connectivity index (χ4v) is 1.78. The van der Waals surface area contributed by atoms with Crippen molar-refractivity contribution >= 4 is 11.7 Å². The molecule has 8 nitrogen and oxygen atoms in total. The topological polar surface area (TPSA) is 93.8 Å². The Morgan fingerprint density at radius 3 is 2.65 bits per heavy atom. The molecule has 2 rings (SSSR count). The van der Waals surface area contributed by atoms with E-state index in [2.05, 4.69) is 20.8 Å². The predicted molar refractivity (Wildman–Crippen MR) is 73.3 cm³/mol. The SMILES string of the molecule is C[C@H](NC(=O)Nc1ccc(=O)n(C)c1)c1nncn1C. The molecule has 0 radical (unpaired) electrons. The number of nitrogens with one attached hydrogen (secondary N) is 2. The third kappa shape index (κ3) is 3.02. The number of anilines is 1. The molecule has 2 heterocycles. The van der Waals surface area contributed by atoms with Crippen LogP contribution in [-0.4, -0.2) is 25.4 Å². The van der Waals surface area contributed by atoms with Gasteiger partial charge in [0.1, 0.15) is 6.33 Å². The second kappa shape index (κ2) is 5.55. The summed E-state index contributed by atoms with van der Waals surface area (Å²) < 4.78 is 3.12. The lowest BCUT2D eigenvalue weighted by Crippen LogP contribution is -2.32. The van der Waals surface area contributed by atoms with Crippen molar-refractivity contribution in [2.24, 2.45) is 14.1 Å². The van der Waals surface area contributed by atoms with Gasteiger partial charge in [-0.05, 0) is 13.0 Å². The number of amides is 2. The Balaban J connectivity index is 2.00. The number of carbonyl (C=O) groups is 1. The number of aryl methyl sites for hydroxylation is 2. The molecule has 0 unspecified atom stereocenters. The molecule has 0 bridgehead atoms. The molecule has 20 heavy (non-hydrogen) atoms. The third-order valence-electron chi connectivity index (χ3n) is 2.83. The summed E-state index contributed by atoms with van der Waals surface area (Å²) in [7, 11) is 3.42. The molecule has 0 saturated heterocycles. The monoisotopic (exact) mass is 276 g/mol. The second-order valence-electron chi connectivity index (χ2n) is 4.49. The van der Waals surface area contributed by atoms with Gasteiger partial charge in [0.25, 0.3) is 0 Å². The summed E-state index contributed by atoms with van der Waals surface area (Å²) in [4.78, 5) is 23.1. The van der Waals surface area contributed by atoms with Gasteiger partial charge in [-0.25, -0.2) is 4.79 Å². The van der Waals surface area contributed by atoms with Crippen molar-refractivity contribution in [1.29, 1.82) is 0 Å². The Bertz CT molecular complexity index is 675. The molecule has 0 aliphatic heterocycles. The van der Waals surface area contributed by atoms with Crippen molar-refractivity contribution in [1.82, 2.24) is 24.6 Å². The highest BCUT2D eigenvalue weighted by molar-refractivity contribution is 5.89. The molecule has 106 valence electrons. The molecule has 1 atom stereocenters. The minimum absolute atomic E-state index is 0.136. The van der Waals surface area contributed by atoms with Crippen LogP contribution in [0.5, 0.6) is 0 Å². The molecule has 2 amide bonds. The van der Waals surface area contributed by atoms with E-state index in [1.165, 1.54) is 10.6 Å². The lowest BCUT2D eigenvalue weighted by atomic mass is 10.3. The number of hydrogen-bond acceptors (Lipinski definition) is 4. The van der Waals surface area contributed by atoms with E-state index < -0.39 is 0 Å². The highest BCUT2D eigenvalue weighted by Gasteiger charge is 2.14. The summed E-state index contributed by atoms with van der Waals surface area (Å²) in [6.45, 7) is 1.81. The fraction of sp³-hybridized carbons (Fsp3) is 0.333. The van der Waals surface area contributed by atoms with Crippen LogP contribution in [0, 0.1) is 0 Å². The second-order valence-corrected chi connectivity index (χ2v) is 4.49. The molecule has 0 saturated carbocycles.